The second-order valence-electron chi connectivity index (χ2n) is 3.69. The van der Waals surface area contributed by atoms with Crippen molar-refractivity contribution in [3.63, 3.8) is 0 Å². The molecule has 92 valence electrons. The lowest BCUT2D eigenvalue weighted by atomic mass is 10.4. The summed E-state index contributed by atoms with van der Waals surface area (Å²) in [6, 6.07) is 3.92. The number of hydrogen-bond donors (Lipinski definition) is 1. The Bertz CT molecular complexity index is 484. The first-order valence-electron chi connectivity index (χ1n) is 5.11. The Kier molecular flexibility index (Phi) is 4.11. The molecule has 0 aliphatic heterocycles. The molecule has 0 saturated heterocycles. The van der Waals surface area contributed by atoms with Crippen LogP contribution >= 0.6 is 22.9 Å². The molecule has 2 aromatic rings. The van der Waals surface area contributed by atoms with Crippen LogP contribution in [-0.4, -0.2) is 22.1 Å². The second-order valence-corrected chi connectivity index (χ2v) is 5.49. The average molecular weight is 273 g/mol. The van der Waals surface area contributed by atoms with E-state index in [-0.39, 0.29) is 6.54 Å². The molecule has 0 radical (unpaired) electrons. The van der Waals surface area contributed by atoms with E-state index >= 15 is 0 Å². The second kappa shape index (κ2) is 5.59. The molecule has 5 nitrogen and oxygen atoms in total. The van der Waals surface area contributed by atoms with E-state index in [1.54, 1.807) is 11.3 Å². The van der Waals surface area contributed by atoms with Crippen LogP contribution in [0.2, 0.25) is 4.34 Å². The lowest BCUT2D eigenvalue weighted by Crippen LogP contribution is -2.17. The van der Waals surface area contributed by atoms with Crippen LogP contribution in [0.4, 0.5) is 0 Å². The van der Waals surface area contributed by atoms with Gasteiger partial charge in [0.1, 0.15) is 0 Å². The maximum atomic E-state index is 5.87. The zero-order valence-corrected chi connectivity index (χ0v) is 11.0. The van der Waals surface area contributed by atoms with Crippen LogP contribution in [0.15, 0.2) is 16.7 Å². The number of halogens is 1. The van der Waals surface area contributed by atoms with Crippen LogP contribution in [0.1, 0.15) is 16.6 Å². The third-order valence-corrected chi connectivity index (χ3v) is 3.37. The number of aromatic nitrogens is 2. The van der Waals surface area contributed by atoms with Gasteiger partial charge in [0.25, 0.3) is 0 Å². The molecule has 2 rings (SSSR count). The minimum atomic E-state index is 0.275. The fourth-order valence-corrected chi connectivity index (χ4v) is 2.61. The van der Waals surface area contributed by atoms with E-state index in [0.29, 0.717) is 18.3 Å². The molecule has 0 fully saturated rings. The minimum absolute atomic E-state index is 0.275. The van der Waals surface area contributed by atoms with Gasteiger partial charge < -0.3 is 10.3 Å². The van der Waals surface area contributed by atoms with Gasteiger partial charge in [-0.2, -0.15) is 4.98 Å². The smallest absolute Gasteiger partial charge is 0.240 e. The topological polar surface area (TPSA) is 68.2 Å². The van der Waals surface area contributed by atoms with Crippen molar-refractivity contribution < 1.29 is 4.52 Å². The van der Waals surface area contributed by atoms with Crippen molar-refractivity contribution in [1.29, 1.82) is 0 Å². The van der Waals surface area contributed by atoms with E-state index in [4.69, 9.17) is 21.9 Å². The lowest BCUT2D eigenvalue weighted by molar-refractivity contribution is 0.302. The first-order chi connectivity index (χ1) is 8.17. The molecule has 0 amide bonds. The van der Waals surface area contributed by atoms with E-state index in [9.17, 15) is 0 Å². The van der Waals surface area contributed by atoms with Crippen molar-refractivity contribution >= 4 is 22.9 Å². The van der Waals surface area contributed by atoms with Crippen molar-refractivity contribution in [2.75, 3.05) is 7.05 Å². The van der Waals surface area contributed by atoms with Crippen LogP contribution in [0.3, 0.4) is 0 Å². The van der Waals surface area contributed by atoms with E-state index < -0.39 is 0 Å². The number of rotatable bonds is 5. The van der Waals surface area contributed by atoms with Gasteiger partial charge in [0.2, 0.25) is 5.89 Å². The molecular formula is C10H13ClN4OS. The molecule has 2 heterocycles. The summed E-state index contributed by atoms with van der Waals surface area (Å²) in [5.74, 6) is 1.11. The molecule has 0 unspecified atom stereocenters. The van der Waals surface area contributed by atoms with Gasteiger partial charge in [-0.05, 0) is 19.2 Å². The summed E-state index contributed by atoms with van der Waals surface area (Å²) in [5, 5.41) is 3.84. The number of hydrogen-bond acceptors (Lipinski definition) is 6. The van der Waals surface area contributed by atoms with Crippen LogP contribution in [0.5, 0.6) is 0 Å². The molecule has 17 heavy (non-hydrogen) atoms. The van der Waals surface area contributed by atoms with E-state index in [1.807, 2.05) is 19.2 Å². The zero-order valence-electron chi connectivity index (χ0n) is 9.39. The maximum absolute atomic E-state index is 5.87. The van der Waals surface area contributed by atoms with Crippen LogP contribution in [-0.2, 0) is 19.6 Å². The summed E-state index contributed by atoms with van der Waals surface area (Å²) < 4.78 is 5.74. The fraction of sp³-hybridized carbons (Fsp3) is 0.400. The average Bonchev–Trinajstić information content (AvgIpc) is 2.88. The standard InChI is InChI=1S/C10H13ClN4OS/c1-15(5-7-2-3-8(11)17-7)6-9-13-10(4-12)16-14-9/h2-3H,4-6,12H2,1H3. The first-order valence-corrected chi connectivity index (χ1v) is 6.31. The quantitative estimate of drug-likeness (QED) is 0.900. The SMILES string of the molecule is CN(Cc1noc(CN)n1)Cc1ccc(Cl)s1. The Hall–Kier alpha value is -0.950. The molecular weight excluding hydrogens is 260 g/mol. The summed E-state index contributed by atoms with van der Waals surface area (Å²) in [4.78, 5) is 7.45. The Balaban J connectivity index is 1.90. The van der Waals surface area contributed by atoms with E-state index in [0.717, 1.165) is 10.9 Å². The molecule has 0 aliphatic rings. The van der Waals surface area contributed by atoms with Crippen molar-refractivity contribution in [1.82, 2.24) is 15.0 Å². The van der Waals surface area contributed by atoms with Crippen LogP contribution in [0, 0.1) is 0 Å². The Morgan fingerprint density at radius 1 is 1.47 bits per heavy atom. The van der Waals surface area contributed by atoms with Crippen molar-refractivity contribution in [2.24, 2.45) is 5.73 Å². The lowest BCUT2D eigenvalue weighted by Gasteiger charge is -2.12. The Morgan fingerprint density at radius 2 is 2.29 bits per heavy atom. The predicted octanol–water partition coefficient (Wildman–Crippen LogP) is 1.88. The third kappa shape index (κ3) is 3.50. The van der Waals surface area contributed by atoms with Crippen molar-refractivity contribution in [3.8, 4) is 0 Å². The summed E-state index contributed by atoms with van der Waals surface area (Å²) in [6.07, 6.45) is 0. The summed E-state index contributed by atoms with van der Waals surface area (Å²) >= 11 is 7.45. The highest BCUT2D eigenvalue weighted by atomic mass is 35.5. The van der Waals surface area contributed by atoms with Gasteiger partial charge in [-0.3, -0.25) is 4.90 Å². The number of nitrogens with zero attached hydrogens (tertiary/aromatic N) is 3. The molecule has 0 bridgehead atoms. The van der Waals surface area contributed by atoms with E-state index in [1.165, 1.54) is 4.88 Å². The largest absolute Gasteiger partial charge is 0.338 e. The third-order valence-electron chi connectivity index (χ3n) is 2.15. The minimum Gasteiger partial charge on any atom is -0.338 e. The van der Waals surface area contributed by atoms with Gasteiger partial charge in [-0.25, -0.2) is 0 Å². The summed E-state index contributed by atoms with van der Waals surface area (Å²) in [6.45, 7) is 1.71. The molecule has 0 atom stereocenters. The highest BCUT2D eigenvalue weighted by Gasteiger charge is 2.09. The summed E-state index contributed by atoms with van der Waals surface area (Å²) in [5.41, 5.74) is 5.40. The van der Waals surface area contributed by atoms with Gasteiger partial charge in [0, 0.05) is 11.4 Å². The molecule has 0 aromatic carbocycles. The zero-order chi connectivity index (χ0) is 12.3. The highest BCUT2D eigenvalue weighted by molar-refractivity contribution is 7.16. The van der Waals surface area contributed by atoms with Crippen LogP contribution in [0.25, 0.3) is 0 Å². The van der Waals surface area contributed by atoms with E-state index in [2.05, 4.69) is 15.0 Å². The molecule has 2 aromatic heterocycles. The first kappa shape index (κ1) is 12.5. The number of thiophene rings is 1. The van der Waals surface area contributed by atoms with Gasteiger partial charge >= 0.3 is 0 Å². The predicted molar refractivity (Wildman–Crippen MR) is 66.7 cm³/mol. The molecule has 0 saturated carbocycles. The number of nitrogens with two attached hydrogens (primary N) is 1. The molecule has 2 N–H and O–H groups in total. The van der Waals surface area contributed by atoms with Gasteiger partial charge in [0.05, 0.1) is 17.4 Å². The molecule has 0 spiro atoms. The Morgan fingerprint density at radius 3 is 2.88 bits per heavy atom. The van der Waals surface area contributed by atoms with Gasteiger partial charge in [-0.15, -0.1) is 11.3 Å². The highest BCUT2D eigenvalue weighted by Crippen LogP contribution is 2.22. The fourth-order valence-electron chi connectivity index (χ4n) is 1.44. The molecule has 7 heteroatoms. The van der Waals surface area contributed by atoms with Crippen LogP contribution < -0.4 is 5.73 Å². The van der Waals surface area contributed by atoms with Crippen molar-refractivity contribution in [3.05, 3.63) is 33.1 Å². The van der Waals surface area contributed by atoms with Crippen molar-refractivity contribution in [2.45, 2.75) is 19.6 Å². The normalized spacial score (nSPS) is 11.3. The Labute approximate surface area is 108 Å². The monoisotopic (exact) mass is 272 g/mol. The van der Waals surface area contributed by atoms with Gasteiger partial charge in [-0.1, -0.05) is 16.8 Å². The molecule has 0 aliphatic carbocycles. The van der Waals surface area contributed by atoms with Gasteiger partial charge in [0.15, 0.2) is 5.82 Å². The summed E-state index contributed by atoms with van der Waals surface area (Å²) in [7, 11) is 1.99. The maximum Gasteiger partial charge on any atom is 0.240 e.